The van der Waals surface area contributed by atoms with Crippen LogP contribution in [0.4, 0.5) is 17.6 Å². The molecule has 1 rings (SSSR count). The summed E-state index contributed by atoms with van der Waals surface area (Å²) in [4.78, 5) is 11.8. The fraction of sp³-hybridized carbons (Fsp3) is 0.308. The number of nitrogens with two attached hydrogens (primary N) is 1. The Morgan fingerprint density at radius 1 is 1.35 bits per heavy atom. The number of carbonyl (C=O) groups excluding carboxylic acids is 1. The molecule has 0 saturated carbocycles. The number of aromatic hydroxyl groups is 1. The molecule has 0 heterocycles. The van der Waals surface area contributed by atoms with Gasteiger partial charge in [-0.05, 0) is 31.0 Å². The van der Waals surface area contributed by atoms with Gasteiger partial charge in [-0.25, -0.2) is 8.78 Å². The summed E-state index contributed by atoms with van der Waals surface area (Å²) in [6.07, 6.45) is -3.80. The van der Waals surface area contributed by atoms with Crippen molar-refractivity contribution in [2.75, 3.05) is 0 Å². The molecule has 20 heavy (non-hydrogen) atoms. The number of allylic oxidation sites excluding steroid dienone is 2. The summed E-state index contributed by atoms with van der Waals surface area (Å²) in [6, 6.07) is 2.80. The van der Waals surface area contributed by atoms with Crippen LogP contribution in [0.5, 0.6) is 5.75 Å². The van der Waals surface area contributed by atoms with Crippen LogP contribution in [0.25, 0.3) is 0 Å². The predicted molar refractivity (Wildman–Crippen MR) is 65.1 cm³/mol. The smallest absolute Gasteiger partial charge is 0.346 e. The number of carbonyl (C=O) groups is 1. The van der Waals surface area contributed by atoms with Gasteiger partial charge in [-0.1, -0.05) is 6.07 Å². The molecular weight excluding hydrogens is 278 g/mol. The van der Waals surface area contributed by atoms with Crippen LogP contribution in [0, 0.1) is 13.8 Å². The van der Waals surface area contributed by atoms with Crippen LogP contribution in [0.2, 0.25) is 0 Å². The number of phenols is 1. The molecule has 0 aliphatic carbocycles. The summed E-state index contributed by atoms with van der Waals surface area (Å²) in [5, 5.41) is 9.64. The number of hydrogen-bond acceptors (Lipinski definition) is 3. The van der Waals surface area contributed by atoms with Gasteiger partial charge in [-0.2, -0.15) is 8.78 Å². The topological polar surface area (TPSA) is 63.3 Å². The zero-order chi connectivity index (χ0) is 15.7. The molecule has 0 fully saturated rings. The van der Waals surface area contributed by atoms with E-state index < -0.39 is 29.6 Å². The van der Waals surface area contributed by atoms with Crippen LogP contribution < -0.4 is 5.73 Å². The Labute approximate surface area is 112 Å². The standard InChI is InChI=1S/C13H13F4NO2/c1-6-3-7(2)11(8(19)4-6)9(20)5-10(18)13(16,17)12(14)15/h3-5,12,19H,18H2,1-2H3/b10-5-. The highest BCUT2D eigenvalue weighted by Gasteiger charge is 2.44. The second-order valence-corrected chi connectivity index (χ2v) is 4.36. The van der Waals surface area contributed by atoms with Crippen LogP contribution >= 0.6 is 0 Å². The lowest BCUT2D eigenvalue weighted by molar-refractivity contribution is -0.100. The molecule has 0 aliphatic heterocycles. The molecule has 0 radical (unpaired) electrons. The molecule has 1 aromatic carbocycles. The quantitative estimate of drug-likeness (QED) is 0.509. The minimum Gasteiger partial charge on any atom is -0.507 e. The van der Waals surface area contributed by atoms with Gasteiger partial charge < -0.3 is 10.8 Å². The van der Waals surface area contributed by atoms with E-state index in [9.17, 15) is 27.5 Å². The Hall–Kier alpha value is -2.05. The number of hydrogen-bond donors (Lipinski definition) is 2. The fourth-order valence-corrected chi connectivity index (χ4v) is 1.70. The van der Waals surface area contributed by atoms with Crippen molar-refractivity contribution >= 4 is 5.78 Å². The summed E-state index contributed by atoms with van der Waals surface area (Å²) in [7, 11) is 0. The van der Waals surface area contributed by atoms with Gasteiger partial charge in [0.15, 0.2) is 5.78 Å². The molecule has 0 aliphatic rings. The van der Waals surface area contributed by atoms with Gasteiger partial charge in [-0.15, -0.1) is 0 Å². The number of aryl methyl sites for hydroxylation is 2. The van der Waals surface area contributed by atoms with E-state index in [1.54, 1.807) is 13.0 Å². The Bertz CT molecular complexity index is 544. The number of phenolic OH excluding ortho intramolecular Hbond substituents is 1. The first-order valence-corrected chi connectivity index (χ1v) is 5.55. The fourth-order valence-electron chi connectivity index (χ4n) is 1.70. The van der Waals surface area contributed by atoms with Gasteiger partial charge in [0.05, 0.1) is 11.3 Å². The summed E-state index contributed by atoms with van der Waals surface area (Å²) in [6.45, 7) is 3.14. The Kier molecular flexibility index (Phi) is 4.42. The number of halogens is 4. The van der Waals surface area contributed by atoms with Crippen LogP contribution in [-0.2, 0) is 0 Å². The zero-order valence-corrected chi connectivity index (χ0v) is 10.8. The summed E-state index contributed by atoms with van der Waals surface area (Å²) in [5.74, 6) is -6.07. The van der Waals surface area contributed by atoms with Crippen molar-refractivity contribution in [2.24, 2.45) is 5.73 Å². The van der Waals surface area contributed by atoms with Crippen LogP contribution in [0.1, 0.15) is 21.5 Å². The first-order chi connectivity index (χ1) is 9.07. The van der Waals surface area contributed by atoms with E-state index in [2.05, 4.69) is 0 Å². The van der Waals surface area contributed by atoms with Gasteiger partial charge in [0.25, 0.3) is 0 Å². The molecule has 0 atom stereocenters. The lowest BCUT2D eigenvalue weighted by Gasteiger charge is -2.15. The van der Waals surface area contributed by atoms with Gasteiger partial charge >= 0.3 is 12.3 Å². The van der Waals surface area contributed by atoms with Crippen molar-refractivity contribution in [3.05, 3.63) is 40.6 Å². The van der Waals surface area contributed by atoms with Gasteiger partial charge in [0.2, 0.25) is 0 Å². The molecule has 0 unspecified atom stereocenters. The minimum atomic E-state index is -4.59. The van der Waals surface area contributed by atoms with Crippen molar-refractivity contribution < 1.29 is 27.5 Å². The van der Waals surface area contributed by atoms with Crippen LogP contribution in [-0.4, -0.2) is 23.2 Å². The van der Waals surface area contributed by atoms with Crippen molar-refractivity contribution in [1.29, 1.82) is 0 Å². The van der Waals surface area contributed by atoms with Crippen LogP contribution in [0.3, 0.4) is 0 Å². The first kappa shape index (κ1) is 16.0. The number of alkyl halides is 4. The lowest BCUT2D eigenvalue weighted by Crippen LogP contribution is -2.34. The van der Waals surface area contributed by atoms with E-state index in [4.69, 9.17) is 5.73 Å². The second-order valence-electron chi connectivity index (χ2n) is 4.36. The van der Waals surface area contributed by atoms with Crippen molar-refractivity contribution in [1.82, 2.24) is 0 Å². The highest BCUT2D eigenvalue weighted by Crippen LogP contribution is 2.29. The average Bonchev–Trinajstić information content (AvgIpc) is 2.26. The molecule has 0 bridgehead atoms. The van der Waals surface area contributed by atoms with E-state index in [1.807, 2.05) is 0 Å². The van der Waals surface area contributed by atoms with Gasteiger partial charge in [0, 0.05) is 6.08 Å². The monoisotopic (exact) mass is 291 g/mol. The SMILES string of the molecule is Cc1cc(C)c(C(=O)/C=C(\N)C(F)(F)C(F)F)c(O)c1. The third-order valence-electron chi connectivity index (χ3n) is 2.65. The average molecular weight is 291 g/mol. The largest absolute Gasteiger partial charge is 0.507 e. The highest BCUT2D eigenvalue weighted by molar-refractivity contribution is 6.08. The normalized spacial score (nSPS) is 12.8. The van der Waals surface area contributed by atoms with Gasteiger partial charge in [-0.3, -0.25) is 4.79 Å². The second kappa shape index (κ2) is 5.52. The van der Waals surface area contributed by atoms with Crippen LogP contribution in [0.15, 0.2) is 23.9 Å². The van der Waals surface area contributed by atoms with Crippen molar-refractivity contribution in [2.45, 2.75) is 26.2 Å². The maximum Gasteiger partial charge on any atom is 0.346 e. The zero-order valence-electron chi connectivity index (χ0n) is 10.8. The molecule has 0 amide bonds. The Morgan fingerprint density at radius 2 is 1.90 bits per heavy atom. The van der Waals surface area contributed by atoms with E-state index in [0.717, 1.165) is 0 Å². The summed E-state index contributed by atoms with van der Waals surface area (Å²) < 4.78 is 50.0. The third kappa shape index (κ3) is 3.09. The molecule has 0 spiro atoms. The molecule has 1 aromatic rings. The molecule has 7 heteroatoms. The van der Waals surface area contributed by atoms with Crippen molar-refractivity contribution in [3.63, 3.8) is 0 Å². The van der Waals surface area contributed by atoms with E-state index in [0.29, 0.717) is 11.1 Å². The molecule has 3 N–H and O–H groups in total. The molecule has 0 saturated heterocycles. The van der Waals surface area contributed by atoms with E-state index in [-0.39, 0.29) is 11.6 Å². The highest BCUT2D eigenvalue weighted by atomic mass is 19.3. The van der Waals surface area contributed by atoms with E-state index >= 15 is 0 Å². The molecule has 0 aromatic heterocycles. The predicted octanol–water partition coefficient (Wildman–Crippen LogP) is 2.93. The summed E-state index contributed by atoms with van der Waals surface area (Å²) in [5.41, 5.74) is 4.05. The Morgan fingerprint density at radius 3 is 2.35 bits per heavy atom. The number of ketones is 1. The lowest BCUT2D eigenvalue weighted by atomic mass is 9.99. The minimum absolute atomic E-state index is 0.212. The summed E-state index contributed by atoms with van der Waals surface area (Å²) >= 11 is 0. The third-order valence-corrected chi connectivity index (χ3v) is 2.65. The Balaban J connectivity index is 3.21. The van der Waals surface area contributed by atoms with Gasteiger partial charge in [0.1, 0.15) is 5.75 Å². The number of benzene rings is 1. The first-order valence-electron chi connectivity index (χ1n) is 5.55. The maximum atomic E-state index is 12.9. The molecular formula is C13H13F4NO2. The van der Waals surface area contributed by atoms with E-state index in [1.165, 1.54) is 13.0 Å². The van der Waals surface area contributed by atoms with Crippen molar-refractivity contribution in [3.8, 4) is 5.75 Å². The molecule has 3 nitrogen and oxygen atoms in total. The maximum absolute atomic E-state index is 12.9. The number of rotatable bonds is 4. The molecule has 110 valence electrons.